The molecule has 0 fully saturated rings. The quantitative estimate of drug-likeness (QED) is 0.247. The molecule has 30 heavy (non-hydrogen) atoms. The number of thiazole rings is 1. The standard InChI is InChI=1S/C20H16ClN3O5S/c1-2-29-18(26)12-23-19-15(21)7-4-8-16(19)30-20(23)22-17(25)10-9-13-5-3-6-14(11-13)24(27)28/h3-11H,2,12H2,1H3. The molecule has 0 bridgehead atoms. The lowest BCUT2D eigenvalue weighted by Gasteiger charge is -2.05. The minimum atomic E-state index is -0.582. The zero-order chi connectivity index (χ0) is 21.7. The molecule has 1 amide bonds. The number of fused-ring (bicyclic) bond motifs is 1. The first kappa shape index (κ1) is 21.4. The average Bonchev–Trinajstić information content (AvgIpc) is 3.05. The zero-order valence-corrected chi connectivity index (χ0v) is 17.4. The molecule has 0 aliphatic rings. The Balaban J connectivity index is 1.97. The van der Waals surface area contributed by atoms with Gasteiger partial charge in [-0.3, -0.25) is 19.7 Å². The Labute approximate surface area is 179 Å². The third kappa shape index (κ3) is 5.00. The van der Waals surface area contributed by atoms with E-state index in [0.717, 1.165) is 4.70 Å². The molecule has 0 aliphatic carbocycles. The number of hydrogen-bond donors (Lipinski definition) is 0. The number of esters is 1. The Morgan fingerprint density at radius 2 is 2.07 bits per heavy atom. The van der Waals surface area contributed by atoms with Gasteiger partial charge >= 0.3 is 5.97 Å². The zero-order valence-electron chi connectivity index (χ0n) is 15.8. The summed E-state index contributed by atoms with van der Waals surface area (Å²) in [7, 11) is 0. The molecule has 0 unspecified atom stereocenters. The van der Waals surface area contributed by atoms with E-state index in [0.29, 0.717) is 20.9 Å². The third-order valence-electron chi connectivity index (χ3n) is 3.95. The van der Waals surface area contributed by atoms with Gasteiger partial charge in [0.2, 0.25) is 0 Å². The molecular weight excluding hydrogens is 430 g/mol. The largest absolute Gasteiger partial charge is 0.465 e. The summed E-state index contributed by atoms with van der Waals surface area (Å²) in [6, 6.07) is 11.1. The maximum Gasteiger partial charge on any atom is 0.326 e. The number of ether oxygens (including phenoxy) is 1. The predicted molar refractivity (Wildman–Crippen MR) is 114 cm³/mol. The highest BCUT2D eigenvalue weighted by atomic mass is 35.5. The summed E-state index contributed by atoms with van der Waals surface area (Å²) in [4.78, 5) is 39.1. The van der Waals surface area contributed by atoms with Crippen molar-refractivity contribution in [1.82, 2.24) is 4.57 Å². The number of rotatable bonds is 6. The van der Waals surface area contributed by atoms with Crippen LogP contribution in [0.3, 0.4) is 0 Å². The van der Waals surface area contributed by atoms with Crippen molar-refractivity contribution in [3.8, 4) is 0 Å². The lowest BCUT2D eigenvalue weighted by Crippen LogP contribution is -2.23. The number of nitrogens with zero attached hydrogens (tertiary/aromatic N) is 3. The van der Waals surface area contributed by atoms with Crippen molar-refractivity contribution in [2.75, 3.05) is 6.61 Å². The van der Waals surface area contributed by atoms with Crippen LogP contribution < -0.4 is 4.80 Å². The van der Waals surface area contributed by atoms with E-state index in [1.165, 1.54) is 41.7 Å². The second-order valence-corrected chi connectivity index (χ2v) is 7.41. The summed E-state index contributed by atoms with van der Waals surface area (Å²) < 4.78 is 7.31. The van der Waals surface area contributed by atoms with E-state index in [1.807, 2.05) is 6.07 Å². The van der Waals surface area contributed by atoms with E-state index >= 15 is 0 Å². The summed E-state index contributed by atoms with van der Waals surface area (Å²) in [5, 5.41) is 11.3. The topological polar surface area (TPSA) is 104 Å². The lowest BCUT2D eigenvalue weighted by molar-refractivity contribution is -0.384. The van der Waals surface area contributed by atoms with E-state index in [4.69, 9.17) is 16.3 Å². The number of nitro benzene ring substituents is 1. The van der Waals surface area contributed by atoms with Crippen molar-refractivity contribution in [1.29, 1.82) is 0 Å². The van der Waals surface area contributed by atoms with Gasteiger partial charge in [-0.2, -0.15) is 4.99 Å². The Hall–Kier alpha value is -3.30. The maximum atomic E-state index is 12.4. The summed E-state index contributed by atoms with van der Waals surface area (Å²) >= 11 is 7.51. The SMILES string of the molecule is CCOC(=O)Cn1c(=NC(=O)C=Cc2cccc([N+](=O)[O-])c2)sc2cccc(Cl)c21. The van der Waals surface area contributed by atoms with Crippen molar-refractivity contribution in [3.05, 3.63) is 74.0 Å². The van der Waals surface area contributed by atoms with E-state index < -0.39 is 16.8 Å². The minimum absolute atomic E-state index is 0.0760. The second kappa shape index (κ2) is 9.47. The van der Waals surface area contributed by atoms with Crippen LogP contribution in [0, 0.1) is 10.1 Å². The Morgan fingerprint density at radius 1 is 1.30 bits per heavy atom. The fourth-order valence-electron chi connectivity index (χ4n) is 2.70. The molecule has 0 atom stereocenters. The molecule has 0 saturated heterocycles. The molecule has 10 heteroatoms. The molecule has 0 spiro atoms. The third-order valence-corrected chi connectivity index (χ3v) is 5.30. The molecule has 1 aromatic heterocycles. The first-order chi connectivity index (χ1) is 14.4. The number of aromatic nitrogens is 1. The van der Waals surface area contributed by atoms with Crippen LogP contribution in [0.15, 0.2) is 53.5 Å². The summed E-state index contributed by atoms with van der Waals surface area (Å²) in [6.45, 7) is 1.79. The highest BCUT2D eigenvalue weighted by Crippen LogP contribution is 2.25. The van der Waals surface area contributed by atoms with Crippen LogP contribution in [0.2, 0.25) is 5.02 Å². The van der Waals surface area contributed by atoms with Crippen molar-refractivity contribution in [2.24, 2.45) is 4.99 Å². The van der Waals surface area contributed by atoms with Crippen molar-refractivity contribution < 1.29 is 19.2 Å². The molecule has 0 radical (unpaired) electrons. The van der Waals surface area contributed by atoms with Crippen LogP contribution >= 0.6 is 22.9 Å². The van der Waals surface area contributed by atoms with Crippen molar-refractivity contribution in [2.45, 2.75) is 13.5 Å². The molecule has 3 rings (SSSR count). The van der Waals surface area contributed by atoms with Gasteiger partial charge in [-0.15, -0.1) is 0 Å². The molecule has 0 saturated carbocycles. The highest BCUT2D eigenvalue weighted by Gasteiger charge is 2.14. The Kier molecular flexibility index (Phi) is 6.76. The van der Waals surface area contributed by atoms with Crippen molar-refractivity contribution in [3.63, 3.8) is 0 Å². The van der Waals surface area contributed by atoms with Gasteiger partial charge in [0.15, 0.2) is 4.80 Å². The summed E-state index contributed by atoms with van der Waals surface area (Å²) in [6.07, 6.45) is 2.65. The van der Waals surface area contributed by atoms with Crippen LogP contribution in [0.4, 0.5) is 5.69 Å². The van der Waals surface area contributed by atoms with Gasteiger partial charge in [-0.1, -0.05) is 41.1 Å². The van der Waals surface area contributed by atoms with Crippen LogP contribution in [-0.2, 0) is 20.9 Å². The Bertz CT molecular complexity index is 1230. The van der Waals surface area contributed by atoms with Gasteiger partial charge in [0.1, 0.15) is 6.54 Å². The lowest BCUT2D eigenvalue weighted by atomic mass is 10.2. The number of non-ortho nitro benzene ring substituents is 1. The summed E-state index contributed by atoms with van der Waals surface area (Å²) in [5.41, 5.74) is 1.01. The minimum Gasteiger partial charge on any atom is -0.465 e. The number of amides is 1. The van der Waals surface area contributed by atoms with Gasteiger partial charge in [-0.05, 0) is 30.7 Å². The van der Waals surface area contributed by atoms with Crippen LogP contribution in [-0.4, -0.2) is 28.0 Å². The molecule has 2 aromatic carbocycles. The maximum absolute atomic E-state index is 12.4. The molecule has 8 nitrogen and oxygen atoms in total. The van der Waals surface area contributed by atoms with Crippen LogP contribution in [0.5, 0.6) is 0 Å². The van der Waals surface area contributed by atoms with Gasteiger partial charge in [0.05, 0.1) is 26.8 Å². The molecule has 1 heterocycles. The number of nitro groups is 1. The van der Waals surface area contributed by atoms with E-state index in [1.54, 1.807) is 29.7 Å². The van der Waals surface area contributed by atoms with Gasteiger partial charge in [-0.25, -0.2) is 0 Å². The number of halogens is 1. The highest BCUT2D eigenvalue weighted by molar-refractivity contribution is 7.16. The average molecular weight is 446 g/mol. The fourth-order valence-corrected chi connectivity index (χ4v) is 4.09. The number of para-hydroxylation sites is 1. The smallest absolute Gasteiger partial charge is 0.326 e. The predicted octanol–water partition coefficient (Wildman–Crippen LogP) is 3.97. The van der Waals surface area contributed by atoms with E-state index in [9.17, 15) is 19.7 Å². The van der Waals surface area contributed by atoms with Gasteiger partial charge < -0.3 is 9.30 Å². The van der Waals surface area contributed by atoms with Crippen LogP contribution in [0.1, 0.15) is 12.5 Å². The summed E-state index contributed by atoms with van der Waals surface area (Å²) in [5.74, 6) is -1.06. The molecule has 0 N–H and O–H groups in total. The van der Waals surface area contributed by atoms with E-state index in [-0.39, 0.29) is 18.8 Å². The number of benzene rings is 2. The Morgan fingerprint density at radius 3 is 2.80 bits per heavy atom. The first-order valence-electron chi connectivity index (χ1n) is 8.83. The second-order valence-electron chi connectivity index (χ2n) is 6.00. The fraction of sp³-hybridized carbons (Fsp3) is 0.150. The van der Waals surface area contributed by atoms with Gasteiger partial charge in [0.25, 0.3) is 11.6 Å². The molecular formula is C20H16ClN3O5S. The first-order valence-corrected chi connectivity index (χ1v) is 10.0. The normalized spacial score (nSPS) is 11.9. The molecule has 0 aliphatic heterocycles. The van der Waals surface area contributed by atoms with Gasteiger partial charge in [0, 0.05) is 18.2 Å². The monoisotopic (exact) mass is 445 g/mol. The number of carbonyl (C=O) groups excluding carboxylic acids is 2. The number of carbonyl (C=O) groups is 2. The van der Waals surface area contributed by atoms with E-state index in [2.05, 4.69) is 4.99 Å². The number of hydrogen-bond acceptors (Lipinski definition) is 6. The molecule has 154 valence electrons. The van der Waals surface area contributed by atoms with Crippen LogP contribution in [0.25, 0.3) is 16.3 Å². The van der Waals surface area contributed by atoms with Crippen molar-refractivity contribution >= 4 is 56.8 Å². The molecule has 3 aromatic rings.